The molecule has 0 radical (unpaired) electrons. The largest absolute Gasteiger partial charge is 0.497 e. The van der Waals surface area contributed by atoms with E-state index in [9.17, 15) is 18.0 Å². The third kappa shape index (κ3) is 4.64. The van der Waals surface area contributed by atoms with Crippen LogP contribution < -0.4 is 14.8 Å². The Kier molecular flexibility index (Phi) is 5.10. The average Bonchev–Trinajstić information content (AvgIpc) is 2.52. The standard InChI is InChI=1S/C16H14F3NO3/c1-22-11-5-4-6-12(9-11)23-10-15(21)20-14-8-3-2-7-13(14)16(17,18)19/h2-9H,10H2,1H3,(H,20,21). The van der Waals surface area contributed by atoms with E-state index in [1.807, 2.05) is 0 Å². The molecular formula is C16H14F3NO3. The van der Waals surface area contributed by atoms with Crippen molar-refractivity contribution in [3.8, 4) is 11.5 Å². The van der Waals surface area contributed by atoms with Gasteiger partial charge in [0.25, 0.3) is 5.91 Å². The van der Waals surface area contributed by atoms with Crippen molar-refractivity contribution in [1.29, 1.82) is 0 Å². The Hall–Kier alpha value is -2.70. The molecule has 0 saturated carbocycles. The quantitative estimate of drug-likeness (QED) is 0.911. The van der Waals surface area contributed by atoms with Gasteiger partial charge in [-0.15, -0.1) is 0 Å². The molecule has 0 heterocycles. The maximum Gasteiger partial charge on any atom is 0.418 e. The summed E-state index contributed by atoms with van der Waals surface area (Å²) < 4.78 is 48.7. The number of carbonyl (C=O) groups excluding carboxylic acids is 1. The predicted molar refractivity (Wildman–Crippen MR) is 78.6 cm³/mol. The number of anilines is 1. The molecule has 0 aromatic heterocycles. The van der Waals surface area contributed by atoms with Gasteiger partial charge in [-0.3, -0.25) is 4.79 Å². The number of nitrogens with one attached hydrogen (secondary N) is 1. The van der Waals surface area contributed by atoms with Gasteiger partial charge in [0.2, 0.25) is 0 Å². The van der Waals surface area contributed by atoms with Crippen molar-refractivity contribution in [1.82, 2.24) is 0 Å². The summed E-state index contributed by atoms with van der Waals surface area (Å²) in [6.07, 6.45) is -4.54. The van der Waals surface area contributed by atoms with Gasteiger partial charge in [0.05, 0.1) is 18.4 Å². The first-order valence-corrected chi connectivity index (χ1v) is 6.63. The minimum absolute atomic E-state index is 0.306. The lowest BCUT2D eigenvalue weighted by atomic mass is 10.1. The first-order chi connectivity index (χ1) is 10.9. The molecule has 7 heteroatoms. The third-order valence-corrected chi connectivity index (χ3v) is 2.92. The van der Waals surface area contributed by atoms with Gasteiger partial charge in [-0.2, -0.15) is 13.2 Å². The van der Waals surface area contributed by atoms with E-state index in [1.54, 1.807) is 24.3 Å². The number of ether oxygens (including phenoxy) is 2. The Morgan fingerprint density at radius 1 is 1.09 bits per heavy atom. The zero-order valence-corrected chi connectivity index (χ0v) is 12.2. The van der Waals surface area contributed by atoms with E-state index in [-0.39, 0.29) is 5.69 Å². The van der Waals surface area contributed by atoms with Gasteiger partial charge in [-0.25, -0.2) is 0 Å². The van der Waals surface area contributed by atoms with E-state index in [1.165, 1.54) is 25.3 Å². The maximum atomic E-state index is 12.8. The van der Waals surface area contributed by atoms with Crippen molar-refractivity contribution in [3.63, 3.8) is 0 Å². The van der Waals surface area contributed by atoms with Crippen LogP contribution in [0.5, 0.6) is 11.5 Å². The number of para-hydroxylation sites is 1. The van der Waals surface area contributed by atoms with Crippen molar-refractivity contribution >= 4 is 11.6 Å². The Morgan fingerprint density at radius 3 is 2.48 bits per heavy atom. The number of halogens is 3. The second kappa shape index (κ2) is 7.04. The number of hydrogen-bond donors (Lipinski definition) is 1. The highest BCUT2D eigenvalue weighted by Gasteiger charge is 2.33. The number of amides is 1. The highest BCUT2D eigenvalue weighted by molar-refractivity contribution is 5.92. The molecule has 0 aliphatic rings. The van der Waals surface area contributed by atoms with Gasteiger partial charge in [0, 0.05) is 6.07 Å². The summed E-state index contributed by atoms with van der Waals surface area (Å²) in [7, 11) is 1.49. The maximum absolute atomic E-state index is 12.8. The molecule has 2 aromatic rings. The minimum Gasteiger partial charge on any atom is -0.497 e. The SMILES string of the molecule is COc1cccc(OCC(=O)Nc2ccccc2C(F)(F)F)c1. The zero-order valence-electron chi connectivity index (χ0n) is 12.2. The van der Waals surface area contributed by atoms with E-state index >= 15 is 0 Å². The Balaban J connectivity index is 2.00. The molecule has 0 saturated heterocycles. The fourth-order valence-electron chi connectivity index (χ4n) is 1.87. The molecule has 0 spiro atoms. The molecule has 0 aliphatic carbocycles. The number of methoxy groups -OCH3 is 1. The van der Waals surface area contributed by atoms with Gasteiger partial charge in [-0.05, 0) is 24.3 Å². The fraction of sp³-hybridized carbons (Fsp3) is 0.188. The van der Waals surface area contributed by atoms with E-state index in [0.29, 0.717) is 11.5 Å². The summed E-state index contributed by atoms with van der Waals surface area (Å²) in [5.41, 5.74) is -1.21. The second-order valence-electron chi connectivity index (χ2n) is 4.56. The normalized spacial score (nSPS) is 11.0. The van der Waals surface area contributed by atoms with Crippen LogP contribution >= 0.6 is 0 Å². The third-order valence-electron chi connectivity index (χ3n) is 2.92. The molecule has 23 heavy (non-hydrogen) atoms. The predicted octanol–water partition coefficient (Wildman–Crippen LogP) is 3.73. The van der Waals surface area contributed by atoms with Crippen LogP contribution in [0.25, 0.3) is 0 Å². The van der Waals surface area contributed by atoms with Gasteiger partial charge in [0.15, 0.2) is 6.61 Å². The van der Waals surface area contributed by atoms with Crippen LogP contribution in [0, 0.1) is 0 Å². The smallest absolute Gasteiger partial charge is 0.418 e. The number of carbonyl (C=O) groups is 1. The van der Waals surface area contributed by atoms with Crippen molar-refractivity contribution in [2.45, 2.75) is 6.18 Å². The van der Waals surface area contributed by atoms with Gasteiger partial charge in [-0.1, -0.05) is 18.2 Å². The molecule has 0 bridgehead atoms. The molecule has 0 atom stereocenters. The number of alkyl halides is 3. The Labute approximate surface area is 130 Å². The number of rotatable bonds is 5. The lowest BCUT2D eigenvalue weighted by molar-refractivity contribution is -0.137. The Bertz CT molecular complexity index is 686. The topological polar surface area (TPSA) is 47.6 Å². The van der Waals surface area contributed by atoms with Crippen LogP contribution in [-0.2, 0) is 11.0 Å². The second-order valence-corrected chi connectivity index (χ2v) is 4.56. The lowest BCUT2D eigenvalue weighted by Crippen LogP contribution is -2.22. The molecule has 0 aliphatic heterocycles. The number of benzene rings is 2. The highest BCUT2D eigenvalue weighted by atomic mass is 19.4. The van der Waals surface area contributed by atoms with E-state index in [4.69, 9.17) is 9.47 Å². The highest BCUT2D eigenvalue weighted by Crippen LogP contribution is 2.34. The van der Waals surface area contributed by atoms with Crippen LogP contribution in [0.2, 0.25) is 0 Å². The van der Waals surface area contributed by atoms with Gasteiger partial charge in [0.1, 0.15) is 11.5 Å². The van der Waals surface area contributed by atoms with Crippen molar-refractivity contribution in [2.24, 2.45) is 0 Å². The molecule has 1 N–H and O–H groups in total. The molecule has 2 aromatic carbocycles. The first-order valence-electron chi connectivity index (χ1n) is 6.63. The molecule has 0 unspecified atom stereocenters. The average molecular weight is 325 g/mol. The summed E-state index contributed by atoms with van der Waals surface area (Å²) in [6, 6.07) is 11.3. The summed E-state index contributed by atoms with van der Waals surface area (Å²) in [6.45, 7) is -0.417. The fourth-order valence-corrected chi connectivity index (χ4v) is 1.87. The van der Waals surface area contributed by atoms with Crippen molar-refractivity contribution in [3.05, 3.63) is 54.1 Å². The van der Waals surface area contributed by atoms with Gasteiger partial charge >= 0.3 is 6.18 Å². The molecule has 2 rings (SSSR count). The summed E-state index contributed by atoms with van der Waals surface area (Å²) in [5.74, 6) is 0.235. The van der Waals surface area contributed by atoms with E-state index < -0.39 is 24.3 Å². The van der Waals surface area contributed by atoms with Crippen LogP contribution in [-0.4, -0.2) is 19.6 Å². The van der Waals surface area contributed by atoms with Crippen LogP contribution in [0.1, 0.15) is 5.56 Å². The van der Waals surface area contributed by atoms with Crippen molar-refractivity contribution < 1.29 is 27.4 Å². The molecular weight excluding hydrogens is 311 g/mol. The summed E-state index contributed by atoms with van der Waals surface area (Å²) in [5, 5.41) is 2.20. The molecule has 0 fully saturated rings. The molecule has 122 valence electrons. The van der Waals surface area contributed by atoms with Gasteiger partial charge < -0.3 is 14.8 Å². The van der Waals surface area contributed by atoms with Crippen LogP contribution in [0.3, 0.4) is 0 Å². The zero-order chi connectivity index (χ0) is 16.9. The summed E-state index contributed by atoms with van der Waals surface area (Å²) >= 11 is 0. The Morgan fingerprint density at radius 2 is 1.78 bits per heavy atom. The molecule has 4 nitrogen and oxygen atoms in total. The number of hydrogen-bond acceptors (Lipinski definition) is 3. The monoisotopic (exact) mass is 325 g/mol. The van der Waals surface area contributed by atoms with Crippen LogP contribution in [0.4, 0.5) is 18.9 Å². The van der Waals surface area contributed by atoms with Crippen molar-refractivity contribution in [2.75, 3.05) is 19.0 Å². The van der Waals surface area contributed by atoms with E-state index in [2.05, 4.69) is 5.32 Å². The summed E-state index contributed by atoms with van der Waals surface area (Å²) in [4.78, 5) is 11.8. The lowest BCUT2D eigenvalue weighted by Gasteiger charge is -2.14. The molecule has 1 amide bonds. The minimum atomic E-state index is -4.54. The first kappa shape index (κ1) is 16.7. The van der Waals surface area contributed by atoms with Crippen LogP contribution in [0.15, 0.2) is 48.5 Å². The van der Waals surface area contributed by atoms with E-state index in [0.717, 1.165) is 6.07 Å².